The molecule has 8 nitrogen and oxygen atoms in total. The van der Waals surface area contributed by atoms with Crippen molar-refractivity contribution in [3.63, 3.8) is 0 Å². The summed E-state index contributed by atoms with van der Waals surface area (Å²) in [5, 5.41) is 18.9. The number of nitrogens with zero attached hydrogens (tertiary/aromatic N) is 4. The zero-order valence-electron chi connectivity index (χ0n) is 15.9. The Balaban J connectivity index is 1.77. The van der Waals surface area contributed by atoms with Gasteiger partial charge < -0.3 is 10.6 Å². The number of anilines is 4. The molecule has 0 spiro atoms. The lowest BCUT2D eigenvalue weighted by Gasteiger charge is -2.13. The van der Waals surface area contributed by atoms with Crippen molar-refractivity contribution >= 4 is 39.6 Å². The second-order valence-electron chi connectivity index (χ2n) is 6.62. The van der Waals surface area contributed by atoms with E-state index in [1.807, 2.05) is 62.4 Å². The minimum Gasteiger partial charge on any atom is -0.334 e. The summed E-state index contributed by atoms with van der Waals surface area (Å²) in [5.41, 5.74) is 3.98. The van der Waals surface area contributed by atoms with E-state index in [1.54, 1.807) is 6.20 Å². The first-order chi connectivity index (χ1) is 14.0. The van der Waals surface area contributed by atoms with E-state index in [2.05, 4.69) is 25.6 Å². The summed E-state index contributed by atoms with van der Waals surface area (Å²) in [6.45, 7) is 3.89. The van der Waals surface area contributed by atoms with Gasteiger partial charge in [-0.2, -0.15) is 0 Å². The van der Waals surface area contributed by atoms with Gasteiger partial charge in [0.1, 0.15) is 6.33 Å². The van der Waals surface area contributed by atoms with Crippen molar-refractivity contribution in [2.24, 2.45) is 0 Å². The highest BCUT2D eigenvalue weighted by Crippen LogP contribution is 2.35. The molecule has 0 saturated heterocycles. The molecule has 29 heavy (non-hydrogen) atoms. The molecule has 2 N–H and O–H groups in total. The summed E-state index contributed by atoms with van der Waals surface area (Å²) in [6.07, 6.45) is 3.00. The molecule has 8 heteroatoms. The first kappa shape index (κ1) is 18.3. The van der Waals surface area contributed by atoms with Crippen molar-refractivity contribution in [3.05, 3.63) is 82.3 Å². The van der Waals surface area contributed by atoms with Crippen LogP contribution in [0.3, 0.4) is 0 Å². The summed E-state index contributed by atoms with van der Waals surface area (Å²) >= 11 is 0. The predicted octanol–water partition coefficient (Wildman–Crippen LogP) is 5.04. The van der Waals surface area contributed by atoms with Crippen LogP contribution in [0.1, 0.15) is 11.1 Å². The van der Waals surface area contributed by atoms with Crippen LogP contribution in [0.15, 0.2) is 61.1 Å². The Bertz CT molecular complexity index is 1220. The Morgan fingerprint density at radius 2 is 1.66 bits per heavy atom. The molecule has 144 valence electrons. The highest BCUT2D eigenvalue weighted by molar-refractivity contribution is 5.94. The van der Waals surface area contributed by atoms with Gasteiger partial charge in [-0.3, -0.25) is 15.1 Å². The number of aryl methyl sites for hydroxylation is 2. The minimum atomic E-state index is -0.487. The fourth-order valence-corrected chi connectivity index (χ4v) is 3.07. The normalized spacial score (nSPS) is 10.7. The number of nitrogens with one attached hydrogen (secondary N) is 2. The third-order valence-electron chi connectivity index (χ3n) is 4.55. The Hall–Kier alpha value is -4.07. The summed E-state index contributed by atoms with van der Waals surface area (Å²) in [5.74, 6) is 0.230. The zero-order chi connectivity index (χ0) is 20.4. The lowest BCUT2D eigenvalue weighted by atomic mass is 10.1. The maximum absolute atomic E-state index is 11.9. The van der Waals surface area contributed by atoms with E-state index in [1.165, 1.54) is 6.33 Å². The quantitative estimate of drug-likeness (QED) is 0.366. The van der Waals surface area contributed by atoms with Crippen molar-refractivity contribution in [2.75, 3.05) is 10.6 Å². The van der Waals surface area contributed by atoms with Crippen LogP contribution >= 0.6 is 0 Å². The maximum atomic E-state index is 11.9. The minimum absolute atomic E-state index is 0.106. The molecular formula is C21H18N6O2. The number of pyridine rings is 1. The van der Waals surface area contributed by atoms with E-state index in [9.17, 15) is 10.1 Å². The fourth-order valence-electron chi connectivity index (χ4n) is 3.07. The average Bonchev–Trinajstić information content (AvgIpc) is 2.71. The van der Waals surface area contributed by atoms with E-state index < -0.39 is 4.92 Å². The Labute approximate surface area is 166 Å². The number of fused-ring (bicyclic) bond motifs is 1. The molecule has 2 aromatic carbocycles. The van der Waals surface area contributed by atoms with Gasteiger partial charge in [0, 0.05) is 23.0 Å². The van der Waals surface area contributed by atoms with Crippen LogP contribution in [0.2, 0.25) is 0 Å². The van der Waals surface area contributed by atoms with E-state index in [0.717, 1.165) is 27.7 Å². The van der Waals surface area contributed by atoms with Gasteiger partial charge in [0.2, 0.25) is 11.6 Å². The van der Waals surface area contributed by atoms with Crippen molar-refractivity contribution in [1.82, 2.24) is 15.0 Å². The average molecular weight is 386 g/mol. The fraction of sp³-hybridized carbons (Fsp3) is 0.0952. The van der Waals surface area contributed by atoms with Crippen LogP contribution < -0.4 is 10.6 Å². The van der Waals surface area contributed by atoms with Gasteiger partial charge in [0.25, 0.3) is 0 Å². The predicted molar refractivity (Wildman–Crippen MR) is 113 cm³/mol. The largest absolute Gasteiger partial charge is 0.353 e. The summed E-state index contributed by atoms with van der Waals surface area (Å²) in [6, 6.07) is 15.1. The lowest BCUT2D eigenvalue weighted by molar-refractivity contribution is -0.383. The number of hydrogen-bond donors (Lipinski definition) is 2. The Morgan fingerprint density at radius 1 is 0.897 bits per heavy atom. The number of benzene rings is 2. The number of aromatic nitrogens is 3. The number of rotatable bonds is 5. The third kappa shape index (κ3) is 3.68. The monoisotopic (exact) mass is 386 g/mol. The van der Waals surface area contributed by atoms with Gasteiger partial charge in [0.05, 0.1) is 10.4 Å². The number of hydrogen-bond acceptors (Lipinski definition) is 7. The smallest absolute Gasteiger partial charge is 0.334 e. The molecule has 0 aliphatic heterocycles. The Morgan fingerprint density at radius 3 is 2.41 bits per heavy atom. The highest BCUT2D eigenvalue weighted by Gasteiger charge is 2.24. The molecule has 0 amide bonds. The molecule has 0 unspecified atom stereocenters. The molecule has 0 fully saturated rings. The summed E-state index contributed by atoms with van der Waals surface area (Å²) in [4.78, 5) is 23.9. The van der Waals surface area contributed by atoms with Crippen LogP contribution in [0.4, 0.5) is 28.7 Å². The molecule has 4 rings (SSSR count). The van der Waals surface area contributed by atoms with Crippen LogP contribution in [-0.4, -0.2) is 19.9 Å². The molecular weight excluding hydrogens is 368 g/mol. The topological polar surface area (TPSA) is 106 Å². The van der Waals surface area contributed by atoms with E-state index in [-0.39, 0.29) is 17.3 Å². The van der Waals surface area contributed by atoms with Crippen molar-refractivity contribution in [2.45, 2.75) is 13.8 Å². The molecule has 2 aromatic heterocycles. The first-order valence-corrected chi connectivity index (χ1v) is 8.97. The maximum Gasteiger partial charge on any atom is 0.353 e. The number of nitro groups is 1. The second-order valence-corrected chi connectivity index (χ2v) is 6.62. The van der Waals surface area contributed by atoms with Crippen molar-refractivity contribution in [3.8, 4) is 0 Å². The van der Waals surface area contributed by atoms with Crippen molar-refractivity contribution < 1.29 is 4.92 Å². The molecule has 0 saturated carbocycles. The standard InChI is InChI=1S/C21H18N6O2/c1-13-8-9-14(2)18(11-13)26-21-19(27(28)29)20(23-12-24-21)25-17-7-3-6-16-15(17)5-4-10-22-16/h3-12H,1-2H3,(H2,23,24,25,26). The molecule has 2 heterocycles. The van der Waals surface area contributed by atoms with Crippen LogP contribution in [0.5, 0.6) is 0 Å². The first-order valence-electron chi connectivity index (χ1n) is 8.97. The molecule has 0 aliphatic rings. The highest BCUT2D eigenvalue weighted by atomic mass is 16.6. The molecule has 0 aliphatic carbocycles. The van der Waals surface area contributed by atoms with Gasteiger partial charge in [-0.15, -0.1) is 0 Å². The van der Waals surface area contributed by atoms with E-state index in [4.69, 9.17) is 0 Å². The zero-order valence-corrected chi connectivity index (χ0v) is 15.9. The van der Waals surface area contributed by atoms with E-state index >= 15 is 0 Å². The second kappa shape index (κ2) is 7.51. The summed E-state index contributed by atoms with van der Waals surface area (Å²) < 4.78 is 0. The van der Waals surface area contributed by atoms with Crippen LogP contribution in [0, 0.1) is 24.0 Å². The summed E-state index contributed by atoms with van der Waals surface area (Å²) in [7, 11) is 0. The van der Waals surface area contributed by atoms with Crippen LogP contribution in [0.25, 0.3) is 10.9 Å². The van der Waals surface area contributed by atoms with Crippen LogP contribution in [-0.2, 0) is 0 Å². The Kier molecular flexibility index (Phi) is 4.74. The molecule has 0 radical (unpaired) electrons. The third-order valence-corrected chi connectivity index (χ3v) is 4.55. The van der Waals surface area contributed by atoms with E-state index in [0.29, 0.717) is 5.69 Å². The molecule has 0 bridgehead atoms. The van der Waals surface area contributed by atoms with Gasteiger partial charge in [0.15, 0.2) is 0 Å². The van der Waals surface area contributed by atoms with Gasteiger partial charge >= 0.3 is 5.69 Å². The van der Waals surface area contributed by atoms with Gasteiger partial charge in [-0.1, -0.05) is 18.2 Å². The lowest BCUT2D eigenvalue weighted by Crippen LogP contribution is -2.06. The SMILES string of the molecule is Cc1ccc(C)c(Nc2ncnc(Nc3cccc4ncccc34)c2[N+](=O)[O-])c1. The van der Waals surface area contributed by atoms with Crippen molar-refractivity contribution in [1.29, 1.82) is 0 Å². The molecule has 4 aromatic rings. The molecule has 0 atom stereocenters. The van der Waals surface area contributed by atoms with Gasteiger partial charge in [-0.05, 0) is 55.3 Å². The van der Waals surface area contributed by atoms with Gasteiger partial charge in [-0.25, -0.2) is 9.97 Å².